The summed E-state index contributed by atoms with van der Waals surface area (Å²) in [5, 5.41) is 4.03. The molecule has 0 radical (unpaired) electrons. The Balaban J connectivity index is 2.01. The molecule has 1 atom stereocenters. The zero-order chi connectivity index (χ0) is 15.5. The van der Waals surface area contributed by atoms with Crippen LogP contribution in [0.3, 0.4) is 0 Å². The summed E-state index contributed by atoms with van der Waals surface area (Å²) in [7, 11) is 0. The second-order valence-electron chi connectivity index (χ2n) is 6.99. The Kier molecular flexibility index (Phi) is 5.64. The molecule has 118 valence electrons. The van der Waals surface area contributed by atoms with E-state index in [9.17, 15) is 4.39 Å². The molecule has 21 heavy (non-hydrogen) atoms. The summed E-state index contributed by atoms with van der Waals surface area (Å²) in [6.07, 6.45) is 3.63. The number of piperidine rings is 1. The molecule has 0 spiro atoms. The Labute approximate surface area is 132 Å². The minimum atomic E-state index is -0.199. The SMILES string of the molecule is CC(C)(C)NCC1CCCCN1Cc1ccc(Cl)cc1F. The molecule has 1 aliphatic rings. The van der Waals surface area contributed by atoms with Crippen molar-refractivity contribution in [2.45, 2.75) is 58.2 Å². The molecular weight excluding hydrogens is 287 g/mol. The third-order valence-electron chi connectivity index (χ3n) is 4.01. The Morgan fingerprint density at radius 2 is 2.10 bits per heavy atom. The van der Waals surface area contributed by atoms with Crippen LogP contribution in [0.15, 0.2) is 18.2 Å². The van der Waals surface area contributed by atoms with Crippen LogP contribution < -0.4 is 5.32 Å². The van der Waals surface area contributed by atoms with Gasteiger partial charge in [-0.15, -0.1) is 0 Å². The fourth-order valence-corrected chi connectivity index (χ4v) is 2.95. The molecule has 2 rings (SSSR count). The minimum absolute atomic E-state index is 0.120. The topological polar surface area (TPSA) is 15.3 Å². The molecule has 0 aliphatic carbocycles. The fraction of sp³-hybridized carbons (Fsp3) is 0.647. The highest BCUT2D eigenvalue weighted by Crippen LogP contribution is 2.22. The Morgan fingerprint density at radius 3 is 2.76 bits per heavy atom. The van der Waals surface area contributed by atoms with E-state index in [-0.39, 0.29) is 11.4 Å². The van der Waals surface area contributed by atoms with Crippen molar-refractivity contribution in [1.82, 2.24) is 10.2 Å². The highest BCUT2D eigenvalue weighted by molar-refractivity contribution is 6.30. The lowest BCUT2D eigenvalue weighted by Crippen LogP contribution is -2.49. The van der Waals surface area contributed by atoms with Crippen LogP contribution in [0.1, 0.15) is 45.6 Å². The van der Waals surface area contributed by atoms with Crippen molar-refractivity contribution in [3.63, 3.8) is 0 Å². The Hall–Kier alpha value is -0.640. The first-order chi connectivity index (χ1) is 9.85. The van der Waals surface area contributed by atoms with Gasteiger partial charge in [-0.05, 0) is 52.3 Å². The number of nitrogens with one attached hydrogen (secondary N) is 1. The normalized spacial score (nSPS) is 20.7. The van der Waals surface area contributed by atoms with E-state index in [1.54, 1.807) is 12.1 Å². The lowest BCUT2D eigenvalue weighted by atomic mass is 9.99. The van der Waals surface area contributed by atoms with Crippen LogP contribution in [0.2, 0.25) is 5.02 Å². The van der Waals surface area contributed by atoms with Crippen LogP contribution in [-0.4, -0.2) is 29.6 Å². The molecule has 0 amide bonds. The molecule has 0 saturated carbocycles. The van der Waals surface area contributed by atoms with Crippen LogP contribution in [-0.2, 0) is 6.54 Å². The summed E-state index contributed by atoms with van der Waals surface area (Å²) in [6.45, 7) is 9.20. The van der Waals surface area contributed by atoms with Gasteiger partial charge in [-0.25, -0.2) is 4.39 Å². The molecule has 4 heteroatoms. The number of hydrogen-bond donors (Lipinski definition) is 1. The largest absolute Gasteiger partial charge is 0.311 e. The van der Waals surface area contributed by atoms with Gasteiger partial charge in [0.05, 0.1) is 0 Å². The van der Waals surface area contributed by atoms with Gasteiger partial charge in [-0.2, -0.15) is 0 Å². The Bertz CT molecular complexity index is 470. The Morgan fingerprint density at radius 1 is 1.33 bits per heavy atom. The van der Waals surface area contributed by atoms with Gasteiger partial charge in [0.25, 0.3) is 0 Å². The molecule has 1 fully saturated rings. The molecule has 0 bridgehead atoms. The average Bonchev–Trinajstić information content (AvgIpc) is 2.40. The molecule has 0 aromatic heterocycles. The van der Waals surface area contributed by atoms with E-state index in [0.29, 0.717) is 17.6 Å². The number of rotatable bonds is 4. The molecule has 2 nitrogen and oxygen atoms in total. The highest BCUT2D eigenvalue weighted by Gasteiger charge is 2.24. The third kappa shape index (κ3) is 5.24. The summed E-state index contributed by atoms with van der Waals surface area (Å²) in [5.74, 6) is -0.199. The van der Waals surface area contributed by atoms with Gasteiger partial charge in [-0.3, -0.25) is 4.90 Å². The quantitative estimate of drug-likeness (QED) is 0.895. The molecule has 1 aliphatic heterocycles. The second kappa shape index (κ2) is 7.08. The zero-order valence-corrected chi connectivity index (χ0v) is 14.0. The van der Waals surface area contributed by atoms with Gasteiger partial charge in [0.1, 0.15) is 5.82 Å². The van der Waals surface area contributed by atoms with Crippen LogP contribution in [0.25, 0.3) is 0 Å². The predicted octanol–water partition coefficient (Wildman–Crippen LogP) is 4.22. The molecule has 1 N–H and O–H groups in total. The van der Waals surface area contributed by atoms with Gasteiger partial charge in [0, 0.05) is 35.3 Å². The lowest BCUT2D eigenvalue weighted by molar-refractivity contribution is 0.129. The highest BCUT2D eigenvalue weighted by atomic mass is 35.5. The number of likely N-dealkylation sites (tertiary alicyclic amines) is 1. The molecule has 1 heterocycles. The minimum Gasteiger partial charge on any atom is -0.311 e. The number of benzene rings is 1. The first-order valence-electron chi connectivity index (χ1n) is 7.78. The van der Waals surface area contributed by atoms with E-state index in [4.69, 9.17) is 11.6 Å². The average molecular weight is 313 g/mol. The van der Waals surface area contributed by atoms with Crippen molar-refractivity contribution < 1.29 is 4.39 Å². The summed E-state index contributed by atoms with van der Waals surface area (Å²) < 4.78 is 14.0. The second-order valence-corrected chi connectivity index (χ2v) is 7.42. The monoisotopic (exact) mass is 312 g/mol. The van der Waals surface area contributed by atoms with E-state index in [0.717, 1.165) is 18.7 Å². The maximum Gasteiger partial charge on any atom is 0.129 e. The fourth-order valence-electron chi connectivity index (χ4n) is 2.79. The maximum absolute atomic E-state index is 14.0. The van der Waals surface area contributed by atoms with Crippen LogP contribution >= 0.6 is 11.6 Å². The third-order valence-corrected chi connectivity index (χ3v) is 4.24. The van der Waals surface area contributed by atoms with Gasteiger partial charge in [0.15, 0.2) is 0 Å². The van der Waals surface area contributed by atoms with E-state index in [1.165, 1.54) is 25.3 Å². The summed E-state index contributed by atoms with van der Waals surface area (Å²) in [4.78, 5) is 2.40. The summed E-state index contributed by atoms with van der Waals surface area (Å²) in [5.41, 5.74) is 0.858. The van der Waals surface area contributed by atoms with Crippen LogP contribution in [0, 0.1) is 5.82 Å². The van der Waals surface area contributed by atoms with Gasteiger partial charge in [-0.1, -0.05) is 24.1 Å². The predicted molar refractivity (Wildman–Crippen MR) is 87.2 cm³/mol. The van der Waals surface area contributed by atoms with E-state index >= 15 is 0 Å². The number of nitrogens with zero attached hydrogens (tertiary/aromatic N) is 1. The van der Waals surface area contributed by atoms with Crippen molar-refractivity contribution in [1.29, 1.82) is 0 Å². The standard InChI is InChI=1S/C17H26ClFN2/c1-17(2,3)20-11-15-6-4-5-9-21(15)12-13-7-8-14(18)10-16(13)19/h7-8,10,15,20H,4-6,9,11-12H2,1-3H3. The number of hydrogen-bond acceptors (Lipinski definition) is 2. The van der Waals surface area contributed by atoms with E-state index in [1.807, 2.05) is 0 Å². The van der Waals surface area contributed by atoms with Crippen molar-refractivity contribution in [3.05, 3.63) is 34.6 Å². The van der Waals surface area contributed by atoms with Crippen molar-refractivity contribution in [2.24, 2.45) is 0 Å². The lowest BCUT2D eigenvalue weighted by Gasteiger charge is -2.37. The summed E-state index contributed by atoms with van der Waals surface area (Å²) in [6, 6.07) is 5.46. The smallest absolute Gasteiger partial charge is 0.129 e. The van der Waals surface area contributed by atoms with E-state index < -0.39 is 0 Å². The molecular formula is C17H26ClFN2. The molecule has 1 unspecified atom stereocenters. The molecule has 1 saturated heterocycles. The van der Waals surface area contributed by atoms with E-state index in [2.05, 4.69) is 31.0 Å². The summed E-state index contributed by atoms with van der Waals surface area (Å²) >= 11 is 5.82. The van der Waals surface area contributed by atoms with Crippen molar-refractivity contribution in [2.75, 3.05) is 13.1 Å². The van der Waals surface area contributed by atoms with Gasteiger partial charge < -0.3 is 5.32 Å². The van der Waals surface area contributed by atoms with Crippen molar-refractivity contribution >= 4 is 11.6 Å². The zero-order valence-electron chi connectivity index (χ0n) is 13.3. The molecule has 1 aromatic carbocycles. The molecule has 1 aromatic rings. The first kappa shape index (κ1) is 16.7. The first-order valence-corrected chi connectivity index (χ1v) is 8.16. The van der Waals surface area contributed by atoms with Crippen molar-refractivity contribution in [3.8, 4) is 0 Å². The van der Waals surface area contributed by atoms with Gasteiger partial charge >= 0.3 is 0 Å². The van der Waals surface area contributed by atoms with Gasteiger partial charge in [0.2, 0.25) is 0 Å². The number of halogens is 2. The van der Waals surface area contributed by atoms with Crippen LogP contribution in [0.5, 0.6) is 0 Å². The van der Waals surface area contributed by atoms with Crippen LogP contribution in [0.4, 0.5) is 4.39 Å². The maximum atomic E-state index is 14.0.